The number of aromatic nitrogens is 2. The van der Waals surface area contributed by atoms with Crippen LogP contribution in [-0.4, -0.2) is 21.2 Å². The molecule has 0 saturated heterocycles. The Kier molecular flexibility index (Phi) is 3.19. The lowest BCUT2D eigenvalue weighted by Crippen LogP contribution is -2.26. The summed E-state index contributed by atoms with van der Waals surface area (Å²) in [6.45, 7) is 7.47. The molecule has 96 valence electrons. The fourth-order valence-corrected chi connectivity index (χ4v) is 1.91. The van der Waals surface area contributed by atoms with Crippen LogP contribution in [0.1, 0.15) is 26.3 Å². The Morgan fingerprint density at radius 2 is 2.11 bits per heavy atom. The average Bonchev–Trinajstić information content (AvgIpc) is 2.59. The number of aryl methyl sites for hydroxylation is 1. The van der Waals surface area contributed by atoms with Crippen LogP contribution in [0.2, 0.25) is 0 Å². The molecular weight excluding hydrogens is 296 g/mol. The van der Waals surface area contributed by atoms with Crippen LogP contribution in [0.25, 0.3) is 11.0 Å². The largest absolute Gasteiger partial charge is 0.443 e. The summed E-state index contributed by atoms with van der Waals surface area (Å²) < 4.78 is 7.61. The van der Waals surface area contributed by atoms with E-state index in [1.54, 1.807) is 12.3 Å². The standard InChI is InChI=1S/C13H15BrN2O2/c1-8-7-10-9(15-11(8)14)5-6-16(10)12(17)18-13(2,3)4/h5-7H,1-4H3. The van der Waals surface area contributed by atoms with Gasteiger partial charge in [0.25, 0.3) is 0 Å². The summed E-state index contributed by atoms with van der Waals surface area (Å²) in [6, 6.07) is 3.71. The van der Waals surface area contributed by atoms with E-state index in [9.17, 15) is 4.79 Å². The average molecular weight is 311 g/mol. The van der Waals surface area contributed by atoms with Gasteiger partial charge in [-0.1, -0.05) is 0 Å². The second-order valence-corrected chi connectivity index (χ2v) is 5.92. The van der Waals surface area contributed by atoms with Crippen LogP contribution >= 0.6 is 15.9 Å². The SMILES string of the molecule is Cc1cc2c(ccn2C(=O)OC(C)(C)C)nc1Br. The molecule has 18 heavy (non-hydrogen) atoms. The molecule has 2 aromatic rings. The number of carbonyl (C=O) groups is 1. The Labute approximate surface area is 114 Å². The first-order valence-corrected chi connectivity index (χ1v) is 6.45. The van der Waals surface area contributed by atoms with Crippen molar-refractivity contribution in [2.75, 3.05) is 0 Å². The van der Waals surface area contributed by atoms with E-state index in [0.29, 0.717) is 0 Å². The zero-order valence-corrected chi connectivity index (χ0v) is 12.4. The molecule has 0 spiro atoms. The van der Waals surface area contributed by atoms with Crippen molar-refractivity contribution in [1.29, 1.82) is 0 Å². The number of carbonyl (C=O) groups excluding carboxylic acids is 1. The van der Waals surface area contributed by atoms with Gasteiger partial charge in [-0.3, -0.25) is 4.57 Å². The van der Waals surface area contributed by atoms with E-state index in [2.05, 4.69) is 20.9 Å². The molecule has 0 fully saturated rings. The van der Waals surface area contributed by atoms with Gasteiger partial charge in [0.1, 0.15) is 10.2 Å². The summed E-state index contributed by atoms with van der Waals surface area (Å²) in [4.78, 5) is 16.4. The third-order valence-corrected chi connectivity index (χ3v) is 3.19. The number of hydrogen-bond donors (Lipinski definition) is 0. The van der Waals surface area contributed by atoms with Crippen molar-refractivity contribution in [3.8, 4) is 0 Å². The molecule has 2 heterocycles. The highest BCUT2D eigenvalue weighted by molar-refractivity contribution is 9.10. The molecule has 0 radical (unpaired) electrons. The molecule has 0 amide bonds. The molecule has 0 aliphatic carbocycles. The third-order valence-electron chi connectivity index (χ3n) is 2.39. The van der Waals surface area contributed by atoms with Gasteiger partial charge in [-0.2, -0.15) is 0 Å². The van der Waals surface area contributed by atoms with Crippen molar-refractivity contribution in [1.82, 2.24) is 9.55 Å². The minimum atomic E-state index is -0.508. The van der Waals surface area contributed by atoms with E-state index in [4.69, 9.17) is 4.74 Å². The lowest BCUT2D eigenvalue weighted by molar-refractivity contribution is 0.0544. The van der Waals surface area contributed by atoms with Crippen molar-refractivity contribution in [2.24, 2.45) is 0 Å². The summed E-state index contributed by atoms with van der Waals surface area (Å²) in [5.74, 6) is 0. The molecule has 4 nitrogen and oxygen atoms in total. The molecule has 0 atom stereocenters. The van der Waals surface area contributed by atoms with Crippen LogP contribution in [0, 0.1) is 6.92 Å². The van der Waals surface area contributed by atoms with Gasteiger partial charge >= 0.3 is 6.09 Å². The zero-order valence-electron chi connectivity index (χ0n) is 10.8. The minimum absolute atomic E-state index is 0.388. The molecular formula is C13H15BrN2O2. The second-order valence-electron chi connectivity index (χ2n) is 5.17. The number of halogens is 1. The van der Waals surface area contributed by atoms with E-state index in [-0.39, 0.29) is 6.09 Å². The summed E-state index contributed by atoms with van der Waals surface area (Å²) in [5.41, 5.74) is 1.99. The molecule has 2 rings (SSSR count). The fraction of sp³-hybridized carbons (Fsp3) is 0.385. The van der Waals surface area contributed by atoms with E-state index in [1.807, 2.05) is 33.8 Å². The Morgan fingerprint density at radius 3 is 2.72 bits per heavy atom. The minimum Gasteiger partial charge on any atom is -0.443 e. The van der Waals surface area contributed by atoms with Crippen molar-refractivity contribution in [2.45, 2.75) is 33.3 Å². The first-order valence-electron chi connectivity index (χ1n) is 5.65. The van der Waals surface area contributed by atoms with Crippen LogP contribution in [-0.2, 0) is 4.74 Å². The fourth-order valence-electron chi connectivity index (χ4n) is 1.60. The lowest BCUT2D eigenvalue weighted by atomic mass is 10.2. The van der Waals surface area contributed by atoms with Crippen LogP contribution < -0.4 is 0 Å². The molecule has 0 saturated carbocycles. The van der Waals surface area contributed by atoms with Crippen LogP contribution in [0.3, 0.4) is 0 Å². The van der Waals surface area contributed by atoms with Gasteiger partial charge in [0.05, 0.1) is 11.0 Å². The lowest BCUT2D eigenvalue weighted by Gasteiger charge is -2.19. The summed E-state index contributed by atoms with van der Waals surface area (Å²) in [5, 5.41) is 0. The van der Waals surface area contributed by atoms with Crippen molar-refractivity contribution >= 4 is 33.1 Å². The van der Waals surface area contributed by atoms with Gasteiger partial charge in [-0.25, -0.2) is 9.78 Å². The zero-order chi connectivity index (χ0) is 13.5. The molecule has 0 aliphatic rings. The van der Waals surface area contributed by atoms with Crippen molar-refractivity contribution in [3.63, 3.8) is 0 Å². The number of fused-ring (bicyclic) bond motifs is 1. The predicted molar refractivity (Wildman–Crippen MR) is 73.8 cm³/mol. The van der Waals surface area contributed by atoms with Gasteiger partial charge in [-0.05, 0) is 61.3 Å². The Hall–Kier alpha value is -1.36. The van der Waals surface area contributed by atoms with Crippen molar-refractivity contribution < 1.29 is 9.53 Å². The Balaban J connectivity index is 2.46. The number of nitrogens with zero attached hydrogens (tertiary/aromatic N) is 2. The Morgan fingerprint density at radius 1 is 1.44 bits per heavy atom. The van der Waals surface area contributed by atoms with Crippen molar-refractivity contribution in [3.05, 3.63) is 28.5 Å². The number of rotatable bonds is 0. The first-order chi connectivity index (χ1) is 8.28. The maximum absolute atomic E-state index is 12.0. The molecule has 5 heteroatoms. The smallest absolute Gasteiger partial charge is 0.419 e. The van der Waals surface area contributed by atoms with E-state index >= 15 is 0 Å². The van der Waals surface area contributed by atoms with E-state index in [1.165, 1.54) is 4.57 Å². The van der Waals surface area contributed by atoms with Gasteiger partial charge in [0, 0.05) is 6.20 Å². The van der Waals surface area contributed by atoms with Gasteiger partial charge in [-0.15, -0.1) is 0 Å². The predicted octanol–water partition coefficient (Wildman–Crippen LogP) is 3.89. The van der Waals surface area contributed by atoms with Crippen LogP contribution in [0.5, 0.6) is 0 Å². The highest BCUT2D eigenvalue weighted by Crippen LogP contribution is 2.22. The molecule has 0 N–H and O–H groups in total. The summed E-state index contributed by atoms with van der Waals surface area (Å²) in [6.07, 6.45) is 1.29. The maximum Gasteiger partial charge on any atom is 0.419 e. The van der Waals surface area contributed by atoms with Crippen LogP contribution in [0.4, 0.5) is 4.79 Å². The monoisotopic (exact) mass is 310 g/mol. The number of pyridine rings is 1. The second kappa shape index (κ2) is 4.39. The number of hydrogen-bond acceptors (Lipinski definition) is 3. The van der Waals surface area contributed by atoms with E-state index in [0.717, 1.165) is 21.2 Å². The van der Waals surface area contributed by atoms with E-state index < -0.39 is 5.60 Å². The van der Waals surface area contributed by atoms with Gasteiger partial charge < -0.3 is 4.74 Å². The molecule has 0 bridgehead atoms. The van der Waals surface area contributed by atoms with Crippen LogP contribution in [0.15, 0.2) is 22.9 Å². The highest BCUT2D eigenvalue weighted by atomic mass is 79.9. The number of ether oxygens (including phenoxy) is 1. The molecule has 0 aromatic carbocycles. The normalized spacial score (nSPS) is 11.8. The molecule has 2 aromatic heterocycles. The third kappa shape index (κ3) is 2.56. The molecule has 0 aliphatic heterocycles. The quantitative estimate of drug-likeness (QED) is 0.693. The highest BCUT2D eigenvalue weighted by Gasteiger charge is 2.19. The topological polar surface area (TPSA) is 44.1 Å². The molecule has 0 unspecified atom stereocenters. The Bertz CT molecular complexity index is 611. The first kappa shape index (κ1) is 13.1. The summed E-state index contributed by atoms with van der Waals surface area (Å²) in [7, 11) is 0. The summed E-state index contributed by atoms with van der Waals surface area (Å²) >= 11 is 3.37. The maximum atomic E-state index is 12.0. The van der Waals surface area contributed by atoms with Gasteiger partial charge in [0.2, 0.25) is 0 Å². The van der Waals surface area contributed by atoms with Gasteiger partial charge in [0.15, 0.2) is 0 Å².